The highest BCUT2D eigenvalue weighted by Crippen LogP contribution is 2.39. The van der Waals surface area contributed by atoms with Gasteiger partial charge in [-0.15, -0.1) is 0 Å². The molecule has 2 saturated heterocycles. The van der Waals surface area contributed by atoms with Crippen molar-refractivity contribution in [2.75, 3.05) is 6.61 Å². The number of fused-ring (bicyclic) bond motifs is 1. The predicted molar refractivity (Wildman–Crippen MR) is 118 cm³/mol. The van der Waals surface area contributed by atoms with E-state index in [4.69, 9.17) is 9.47 Å². The van der Waals surface area contributed by atoms with Gasteiger partial charge in [0.15, 0.2) is 0 Å². The fourth-order valence-electron chi connectivity index (χ4n) is 4.37. The van der Waals surface area contributed by atoms with Gasteiger partial charge in [-0.1, -0.05) is 72.3 Å². The number of carbonyl (C=O) groups is 3. The van der Waals surface area contributed by atoms with Crippen LogP contribution < -0.4 is 0 Å². The molecule has 0 bridgehead atoms. The van der Waals surface area contributed by atoms with Crippen LogP contribution >= 0.6 is 0 Å². The molecule has 3 heterocycles. The third kappa shape index (κ3) is 3.73. The average Bonchev–Trinajstić information content (AvgIpc) is 3.13. The van der Waals surface area contributed by atoms with E-state index < -0.39 is 24.3 Å². The van der Waals surface area contributed by atoms with Crippen LogP contribution in [0.5, 0.6) is 0 Å². The van der Waals surface area contributed by atoms with Crippen LogP contribution in [0.1, 0.15) is 24.1 Å². The van der Waals surface area contributed by atoms with Gasteiger partial charge in [-0.05, 0) is 24.1 Å². The molecule has 3 atom stereocenters. The summed E-state index contributed by atoms with van der Waals surface area (Å²) < 4.78 is 10.8. The number of allylic oxidation sites excluding steroid dienone is 2. The Labute approximate surface area is 191 Å². The number of amides is 3. The number of hydrazine groups is 1. The van der Waals surface area contributed by atoms with Crippen molar-refractivity contribution in [3.05, 3.63) is 95.7 Å². The minimum atomic E-state index is -0.774. The van der Waals surface area contributed by atoms with E-state index in [9.17, 15) is 14.4 Å². The first-order chi connectivity index (χ1) is 16.0. The number of hydrogen-bond donors (Lipinski definition) is 0. The molecule has 3 aliphatic heterocycles. The van der Waals surface area contributed by atoms with E-state index in [1.54, 1.807) is 6.08 Å². The third-order valence-corrected chi connectivity index (χ3v) is 6.02. The summed E-state index contributed by atoms with van der Waals surface area (Å²) in [6, 6.07) is 17.1. The zero-order chi connectivity index (χ0) is 22.9. The summed E-state index contributed by atoms with van der Waals surface area (Å²) in [6.07, 6.45) is 3.93. The Morgan fingerprint density at radius 2 is 1.76 bits per heavy atom. The Hall–Kier alpha value is -4.07. The lowest BCUT2D eigenvalue weighted by molar-refractivity contribution is -0.175. The van der Waals surface area contributed by atoms with Crippen LogP contribution in [0.25, 0.3) is 0 Å². The SMILES string of the molecule is CC1=C[C@H]2[C@H](N3C(=O)OC[C@H]3c3ccccc3)C(=O)N2N(C(=O)OCc2ccccc2)C=C1. The lowest BCUT2D eigenvalue weighted by atomic mass is 9.92. The number of hydrogen-bond acceptors (Lipinski definition) is 5. The summed E-state index contributed by atoms with van der Waals surface area (Å²) in [6.45, 7) is 2.13. The molecular weight excluding hydrogens is 422 g/mol. The Kier molecular flexibility index (Phi) is 5.34. The summed E-state index contributed by atoms with van der Waals surface area (Å²) in [4.78, 5) is 40.3. The average molecular weight is 445 g/mol. The van der Waals surface area contributed by atoms with Crippen LogP contribution in [0.4, 0.5) is 9.59 Å². The second-order valence-corrected chi connectivity index (χ2v) is 8.14. The highest BCUT2D eigenvalue weighted by atomic mass is 16.6. The molecule has 0 radical (unpaired) electrons. The van der Waals surface area contributed by atoms with Crippen molar-refractivity contribution in [2.45, 2.75) is 31.7 Å². The van der Waals surface area contributed by atoms with Crippen molar-refractivity contribution in [1.82, 2.24) is 14.9 Å². The van der Waals surface area contributed by atoms with Crippen LogP contribution in [0.3, 0.4) is 0 Å². The zero-order valence-corrected chi connectivity index (χ0v) is 18.0. The highest BCUT2D eigenvalue weighted by Gasteiger charge is 2.58. The minimum absolute atomic E-state index is 0.0844. The third-order valence-electron chi connectivity index (χ3n) is 6.02. The number of benzene rings is 2. The zero-order valence-electron chi connectivity index (χ0n) is 18.0. The molecule has 8 heteroatoms. The molecule has 0 aromatic heterocycles. The molecule has 0 saturated carbocycles. The lowest BCUT2D eigenvalue weighted by Gasteiger charge is -2.51. The fourth-order valence-corrected chi connectivity index (χ4v) is 4.37. The van der Waals surface area contributed by atoms with E-state index in [2.05, 4.69) is 0 Å². The van der Waals surface area contributed by atoms with E-state index in [-0.39, 0.29) is 25.2 Å². The lowest BCUT2D eigenvalue weighted by Crippen LogP contribution is -2.74. The van der Waals surface area contributed by atoms with Gasteiger partial charge in [0.2, 0.25) is 0 Å². The van der Waals surface area contributed by atoms with Gasteiger partial charge in [0.05, 0.1) is 6.04 Å². The van der Waals surface area contributed by atoms with Crippen molar-refractivity contribution in [2.24, 2.45) is 0 Å². The van der Waals surface area contributed by atoms with Gasteiger partial charge in [-0.2, -0.15) is 5.01 Å². The molecule has 0 N–H and O–H groups in total. The molecule has 3 amide bonds. The van der Waals surface area contributed by atoms with Crippen LogP contribution in [-0.4, -0.2) is 51.7 Å². The number of cyclic esters (lactones) is 1. The second kappa shape index (κ2) is 8.46. The highest BCUT2D eigenvalue weighted by molar-refractivity contribution is 5.95. The van der Waals surface area contributed by atoms with Crippen molar-refractivity contribution in [3.8, 4) is 0 Å². The van der Waals surface area contributed by atoms with Crippen LogP contribution in [-0.2, 0) is 20.9 Å². The van der Waals surface area contributed by atoms with Gasteiger partial charge in [0.1, 0.15) is 25.3 Å². The molecule has 168 valence electrons. The smallest absolute Gasteiger partial charge is 0.433 e. The van der Waals surface area contributed by atoms with Crippen molar-refractivity contribution in [1.29, 1.82) is 0 Å². The van der Waals surface area contributed by atoms with E-state index in [1.165, 1.54) is 21.1 Å². The summed E-state index contributed by atoms with van der Waals surface area (Å²) in [5.41, 5.74) is 2.60. The Balaban J connectivity index is 1.38. The van der Waals surface area contributed by atoms with Crippen molar-refractivity contribution in [3.63, 3.8) is 0 Å². The van der Waals surface area contributed by atoms with E-state index >= 15 is 0 Å². The van der Waals surface area contributed by atoms with Gasteiger partial charge in [0, 0.05) is 6.20 Å². The molecule has 2 fully saturated rings. The predicted octanol–water partition coefficient (Wildman–Crippen LogP) is 3.79. The maximum atomic E-state index is 13.3. The van der Waals surface area contributed by atoms with E-state index in [0.717, 1.165) is 16.7 Å². The molecule has 0 aliphatic carbocycles. The Bertz CT molecular complexity index is 1130. The molecule has 5 rings (SSSR count). The minimum Gasteiger partial charge on any atom is -0.447 e. The molecule has 2 aromatic carbocycles. The van der Waals surface area contributed by atoms with Crippen molar-refractivity contribution < 1.29 is 23.9 Å². The summed E-state index contributed by atoms with van der Waals surface area (Å²) >= 11 is 0. The standard InChI is InChI=1S/C25H23N3O5/c1-17-12-13-26(24(30)32-15-18-8-4-2-5-9-18)28-20(14-17)22(23(28)29)27-21(16-33-25(27)31)19-10-6-3-7-11-19/h2-14,20-22H,15-16H2,1H3/t20-,21-,22-/m0/s1. The maximum absolute atomic E-state index is 13.3. The summed E-state index contributed by atoms with van der Waals surface area (Å²) in [7, 11) is 0. The maximum Gasteiger partial charge on any atom is 0.433 e. The topological polar surface area (TPSA) is 79.4 Å². The largest absolute Gasteiger partial charge is 0.447 e. The number of β-lactam (4-membered cyclic amide) rings is 1. The van der Waals surface area contributed by atoms with Crippen LogP contribution in [0.2, 0.25) is 0 Å². The van der Waals surface area contributed by atoms with Gasteiger partial charge in [0.25, 0.3) is 5.91 Å². The number of nitrogens with zero attached hydrogens (tertiary/aromatic N) is 3. The number of rotatable bonds is 4. The molecule has 0 unspecified atom stereocenters. The van der Waals surface area contributed by atoms with Gasteiger partial charge >= 0.3 is 12.2 Å². The first kappa shape index (κ1) is 20.8. The van der Waals surface area contributed by atoms with Gasteiger partial charge in [-0.3, -0.25) is 9.69 Å². The Morgan fingerprint density at radius 1 is 1.06 bits per heavy atom. The number of carbonyl (C=O) groups excluding carboxylic acids is 3. The molecule has 33 heavy (non-hydrogen) atoms. The fraction of sp³-hybridized carbons (Fsp3) is 0.240. The summed E-state index contributed by atoms with van der Waals surface area (Å²) in [5.74, 6) is -0.368. The molecular formula is C25H23N3O5. The molecule has 3 aliphatic rings. The number of ether oxygens (including phenoxy) is 2. The summed E-state index contributed by atoms with van der Waals surface area (Å²) in [5, 5.41) is 2.51. The first-order valence-electron chi connectivity index (χ1n) is 10.7. The second-order valence-electron chi connectivity index (χ2n) is 8.14. The first-order valence-corrected chi connectivity index (χ1v) is 10.7. The van der Waals surface area contributed by atoms with Crippen LogP contribution in [0, 0.1) is 0 Å². The van der Waals surface area contributed by atoms with Crippen molar-refractivity contribution >= 4 is 18.1 Å². The van der Waals surface area contributed by atoms with Gasteiger partial charge in [-0.25, -0.2) is 14.6 Å². The quantitative estimate of drug-likeness (QED) is 0.669. The van der Waals surface area contributed by atoms with Gasteiger partial charge < -0.3 is 9.47 Å². The molecule has 2 aromatic rings. The van der Waals surface area contributed by atoms with E-state index in [1.807, 2.05) is 73.7 Å². The molecule has 8 nitrogen and oxygen atoms in total. The normalized spacial score (nSPS) is 24.0. The van der Waals surface area contributed by atoms with Crippen LogP contribution in [0.15, 0.2) is 84.6 Å². The molecule has 0 spiro atoms. The van der Waals surface area contributed by atoms with E-state index in [0.29, 0.717) is 0 Å². The Morgan fingerprint density at radius 3 is 2.48 bits per heavy atom. The monoisotopic (exact) mass is 445 g/mol.